The van der Waals surface area contributed by atoms with Crippen LogP contribution in [0.3, 0.4) is 0 Å². The van der Waals surface area contributed by atoms with Crippen LogP contribution < -0.4 is 0 Å². The van der Waals surface area contributed by atoms with Crippen LogP contribution >= 0.6 is 33.9 Å². The lowest BCUT2D eigenvalue weighted by Crippen LogP contribution is -2.43. The fourth-order valence-electron chi connectivity index (χ4n) is 4.87. The van der Waals surface area contributed by atoms with Gasteiger partial charge < -0.3 is 9.64 Å². The van der Waals surface area contributed by atoms with Gasteiger partial charge >= 0.3 is 18.3 Å². The number of ether oxygens (including phenoxy) is 1. The Bertz CT molecular complexity index is 1290. The van der Waals surface area contributed by atoms with Gasteiger partial charge in [0.1, 0.15) is 6.54 Å². The predicted molar refractivity (Wildman–Crippen MR) is 149 cm³/mol. The highest BCUT2D eigenvalue weighted by Gasteiger charge is 2.38. The van der Waals surface area contributed by atoms with E-state index in [1.165, 1.54) is 18.4 Å². The Morgan fingerprint density at radius 2 is 1.68 bits per heavy atom. The maximum Gasteiger partial charge on any atom is 0.416 e. The summed E-state index contributed by atoms with van der Waals surface area (Å²) in [7, 11) is 1.30. The number of halogens is 7. The second-order valence-corrected chi connectivity index (χ2v) is 11.9. The smallest absolute Gasteiger partial charge is 0.416 e. The number of benzene rings is 1. The third-order valence-corrected chi connectivity index (χ3v) is 9.57. The number of thiazole rings is 1. The normalized spacial score (nSPS) is 18.6. The van der Waals surface area contributed by atoms with Crippen molar-refractivity contribution in [3.05, 3.63) is 39.2 Å². The monoisotopic (exact) mass is 716 g/mol. The highest BCUT2D eigenvalue weighted by molar-refractivity contribution is 14.1. The average Bonchev–Trinajstić information content (AvgIpc) is 3.50. The summed E-state index contributed by atoms with van der Waals surface area (Å²) in [6, 6.07) is 1.50. The number of methoxy groups -OCH3 is 1. The maximum atomic E-state index is 13.4. The van der Waals surface area contributed by atoms with Gasteiger partial charge in [-0.05, 0) is 38.0 Å². The Balaban J connectivity index is 1.46. The van der Waals surface area contributed by atoms with Crippen molar-refractivity contribution < 1.29 is 40.7 Å². The Kier molecular flexibility index (Phi) is 9.55. The number of nitrogens with zero attached hydrogens (tertiary/aromatic N) is 4. The van der Waals surface area contributed by atoms with Crippen molar-refractivity contribution in [2.75, 3.05) is 26.7 Å². The third kappa shape index (κ3) is 7.51. The number of hydrogen-bond acceptors (Lipinski definition) is 7. The quantitative estimate of drug-likeness (QED) is 0.142. The van der Waals surface area contributed by atoms with Gasteiger partial charge in [-0.15, -0.1) is 11.3 Å². The number of hydrazone groups is 1. The molecule has 1 saturated heterocycles. The second-order valence-electron chi connectivity index (χ2n) is 9.98. The van der Waals surface area contributed by atoms with Crippen LogP contribution in [0, 0.1) is 0 Å². The first kappa shape index (κ1) is 31.5. The molecule has 0 radical (unpaired) electrons. The van der Waals surface area contributed by atoms with Crippen molar-refractivity contribution in [3.63, 3.8) is 0 Å². The fourth-order valence-corrected chi connectivity index (χ4v) is 6.81. The minimum absolute atomic E-state index is 0.0368. The first-order valence-corrected chi connectivity index (χ1v) is 15.1. The Labute approximate surface area is 250 Å². The number of esters is 1. The van der Waals surface area contributed by atoms with E-state index in [2.05, 4.69) is 14.8 Å². The van der Waals surface area contributed by atoms with Crippen molar-refractivity contribution in [1.82, 2.24) is 14.9 Å². The Morgan fingerprint density at radius 3 is 2.22 bits per heavy atom. The van der Waals surface area contributed by atoms with Gasteiger partial charge in [0.25, 0.3) is 0 Å². The van der Waals surface area contributed by atoms with Crippen LogP contribution in [0.15, 0.2) is 23.3 Å². The van der Waals surface area contributed by atoms with Gasteiger partial charge in [-0.3, -0.25) is 14.6 Å². The number of carbonyl (C=O) groups is 2. The number of likely N-dealkylation sites (tertiary alicyclic amines) is 1. The van der Waals surface area contributed by atoms with Gasteiger partial charge in [-0.1, -0.05) is 22.6 Å². The zero-order chi connectivity index (χ0) is 30.1. The zero-order valence-electron chi connectivity index (χ0n) is 22.1. The first-order valence-electron chi connectivity index (χ1n) is 12.7. The SMILES string of the molecule is COC(=O)CC1=NN(CC(=O)N2CCC(c3nc(-c4cc(C(F)(F)F)cc(C(F)(F)F)c4)c(CI)s3)CC2)C(C)C1. The van der Waals surface area contributed by atoms with Crippen LogP contribution in [0.25, 0.3) is 11.3 Å². The molecular formula is C26H27F6IN4O3S. The number of hydrogen-bond donors (Lipinski definition) is 0. The molecule has 7 nitrogen and oxygen atoms in total. The van der Waals surface area contributed by atoms with Crippen molar-refractivity contribution in [2.24, 2.45) is 5.10 Å². The highest BCUT2D eigenvalue weighted by atomic mass is 127. The molecule has 15 heteroatoms. The zero-order valence-corrected chi connectivity index (χ0v) is 25.1. The molecule has 0 bridgehead atoms. The molecule has 0 saturated carbocycles. The molecular weight excluding hydrogens is 689 g/mol. The van der Waals surface area contributed by atoms with Crippen LogP contribution in [0.5, 0.6) is 0 Å². The molecule has 1 aromatic heterocycles. The molecule has 2 aromatic rings. The molecule has 0 spiro atoms. The van der Waals surface area contributed by atoms with E-state index < -0.39 is 29.4 Å². The summed E-state index contributed by atoms with van der Waals surface area (Å²) in [5.41, 5.74) is -2.20. The van der Waals surface area contributed by atoms with E-state index in [0.29, 0.717) is 64.5 Å². The average molecular weight is 716 g/mol. The van der Waals surface area contributed by atoms with Gasteiger partial charge in [-0.25, -0.2) is 4.98 Å². The second kappa shape index (κ2) is 12.4. The van der Waals surface area contributed by atoms with E-state index in [-0.39, 0.29) is 48.2 Å². The summed E-state index contributed by atoms with van der Waals surface area (Å²) in [5, 5.41) is 6.70. The van der Waals surface area contributed by atoms with Crippen molar-refractivity contribution >= 4 is 51.5 Å². The van der Waals surface area contributed by atoms with E-state index in [1.807, 2.05) is 29.5 Å². The molecule has 3 heterocycles. The molecule has 0 N–H and O–H groups in total. The van der Waals surface area contributed by atoms with Crippen LogP contribution in [0.4, 0.5) is 26.3 Å². The summed E-state index contributed by atoms with van der Waals surface area (Å²) in [6.07, 6.45) is -8.14. The first-order chi connectivity index (χ1) is 19.2. The van der Waals surface area contributed by atoms with Gasteiger partial charge in [0.15, 0.2) is 0 Å². The van der Waals surface area contributed by atoms with Crippen molar-refractivity contribution in [1.29, 1.82) is 0 Å². The topological polar surface area (TPSA) is 75.1 Å². The lowest BCUT2D eigenvalue weighted by molar-refractivity contribution is -0.143. The number of rotatable bonds is 7. The molecule has 1 fully saturated rings. The van der Waals surface area contributed by atoms with E-state index in [4.69, 9.17) is 0 Å². The number of piperidine rings is 1. The Morgan fingerprint density at radius 1 is 1.07 bits per heavy atom. The highest BCUT2D eigenvalue weighted by Crippen LogP contribution is 2.42. The summed E-state index contributed by atoms with van der Waals surface area (Å²) in [4.78, 5) is 31.4. The van der Waals surface area contributed by atoms with Gasteiger partial charge in [0.05, 0.1) is 47.1 Å². The minimum Gasteiger partial charge on any atom is -0.469 e. The molecule has 224 valence electrons. The molecule has 0 aliphatic carbocycles. The van der Waals surface area contributed by atoms with Crippen molar-refractivity contribution in [3.8, 4) is 11.3 Å². The van der Waals surface area contributed by atoms with Crippen LogP contribution in [-0.4, -0.2) is 65.3 Å². The summed E-state index contributed by atoms with van der Waals surface area (Å²) < 4.78 is 85.6. The third-order valence-electron chi connectivity index (χ3n) is 7.08. The largest absolute Gasteiger partial charge is 0.469 e. The van der Waals surface area contributed by atoms with Crippen LogP contribution in [0.1, 0.15) is 59.5 Å². The van der Waals surface area contributed by atoms with Crippen molar-refractivity contribution in [2.45, 2.75) is 61.3 Å². The maximum absolute atomic E-state index is 13.4. The summed E-state index contributed by atoms with van der Waals surface area (Å²) in [5.74, 6) is -0.589. The van der Waals surface area contributed by atoms with E-state index in [9.17, 15) is 35.9 Å². The Hall–Kier alpha value is -2.43. The van der Waals surface area contributed by atoms with E-state index in [0.717, 1.165) is 0 Å². The molecule has 4 rings (SSSR count). The van der Waals surface area contributed by atoms with Gasteiger partial charge in [0, 0.05) is 40.3 Å². The van der Waals surface area contributed by atoms with E-state index >= 15 is 0 Å². The van der Waals surface area contributed by atoms with Crippen LogP contribution in [-0.2, 0) is 31.1 Å². The molecule has 2 aliphatic heterocycles. The summed E-state index contributed by atoms with van der Waals surface area (Å²) in [6.45, 7) is 2.84. The molecule has 1 atom stereocenters. The number of carbonyl (C=O) groups excluding carboxylic acids is 2. The molecule has 41 heavy (non-hydrogen) atoms. The number of aromatic nitrogens is 1. The molecule has 2 aliphatic rings. The number of alkyl halides is 7. The molecule has 1 amide bonds. The molecule has 1 unspecified atom stereocenters. The van der Waals surface area contributed by atoms with Gasteiger partial charge in [0.2, 0.25) is 5.91 Å². The summed E-state index contributed by atoms with van der Waals surface area (Å²) >= 11 is 3.30. The minimum atomic E-state index is -4.94. The van der Waals surface area contributed by atoms with Crippen LogP contribution in [0.2, 0.25) is 0 Å². The van der Waals surface area contributed by atoms with E-state index in [1.54, 1.807) is 9.91 Å². The lowest BCUT2D eigenvalue weighted by Gasteiger charge is -2.32. The standard InChI is InChI=1S/C26H27F6IN4O3S/c1-14-7-19(11-22(39)40-2)35-37(14)13-21(38)36-5-3-15(4-6-36)24-34-23(20(12-33)41-24)16-8-17(25(27,28)29)10-18(9-16)26(30,31)32/h8-10,14-15H,3-7,11-13H2,1-2H3. The fraction of sp³-hybridized carbons (Fsp3) is 0.538. The lowest BCUT2D eigenvalue weighted by atomic mass is 9.97. The van der Waals surface area contributed by atoms with Gasteiger partial charge in [-0.2, -0.15) is 31.4 Å². The number of amides is 1. The predicted octanol–water partition coefficient (Wildman–Crippen LogP) is 6.50. The molecule has 1 aromatic carbocycles.